The molecule has 0 aromatic heterocycles. The van der Waals surface area contributed by atoms with Crippen LogP contribution in [0.2, 0.25) is 0 Å². The molecule has 0 atom stereocenters. The number of carbonyl (C=O) groups is 1. The molecular formula is C17H24O3. The van der Waals surface area contributed by atoms with E-state index in [9.17, 15) is 9.90 Å². The van der Waals surface area contributed by atoms with Gasteiger partial charge in [0.05, 0.1) is 6.42 Å². The van der Waals surface area contributed by atoms with E-state index < -0.39 is 5.97 Å². The van der Waals surface area contributed by atoms with Crippen LogP contribution in [0.3, 0.4) is 0 Å². The molecule has 0 spiro atoms. The van der Waals surface area contributed by atoms with Crippen LogP contribution in [0.4, 0.5) is 0 Å². The molecule has 3 heteroatoms. The first-order valence-corrected chi connectivity index (χ1v) is 7.36. The third kappa shape index (κ3) is 2.54. The van der Waals surface area contributed by atoms with Crippen molar-refractivity contribution in [3.05, 3.63) is 28.8 Å². The van der Waals surface area contributed by atoms with Gasteiger partial charge in [0.2, 0.25) is 0 Å². The Morgan fingerprint density at radius 3 is 2.05 bits per heavy atom. The smallest absolute Gasteiger partial charge is 0.304 e. The lowest BCUT2D eigenvalue weighted by Gasteiger charge is -2.24. The predicted octanol–water partition coefficient (Wildman–Crippen LogP) is 4.15. The van der Waals surface area contributed by atoms with Crippen LogP contribution in [0, 0.1) is 0 Å². The zero-order valence-electron chi connectivity index (χ0n) is 12.7. The molecule has 1 aromatic carbocycles. The number of benzene rings is 1. The number of carboxylic acid groups (broad SMARTS) is 1. The maximum Gasteiger partial charge on any atom is 0.304 e. The number of phenols is 1. The number of aromatic hydroxyl groups is 1. The number of hydrogen-bond acceptors (Lipinski definition) is 2. The molecule has 110 valence electrons. The number of hydrogen-bond donors (Lipinski definition) is 2. The Morgan fingerprint density at radius 1 is 1.15 bits per heavy atom. The van der Waals surface area contributed by atoms with Crippen molar-refractivity contribution in [3.8, 4) is 5.75 Å². The molecule has 0 bridgehead atoms. The molecule has 1 aliphatic carbocycles. The fraction of sp³-hybridized carbons (Fsp3) is 0.588. The second kappa shape index (κ2) is 5.12. The maximum atomic E-state index is 11.2. The molecule has 0 aliphatic heterocycles. The Balaban J connectivity index is 2.59. The summed E-state index contributed by atoms with van der Waals surface area (Å²) in [5, 5.41) is 19.9. The molecule has 1 saturated carbocycles. The van der Waals surface area contributed by atoms with Crippen molar-refractivity contribution >= 4 is 5.97 Å². The van der Waals surface area contributed by atoms with Crippen LogP contribution in [0.25, 0.3) is 0 Å². The minimum absolute atomic E-state index is 0.113. The van der Waals surface area contributed by atoms with Gasteiger partial charge in [0, 0.05) is 11.0 Å². The van der Waals surface area contributed by atoms with Gasteiger partial charge < -0.3 is 10.2 Å². The van der Waals surface area contributed by atoms with Gasteiger partial charge in [0.25, 0.3) is 0 Å². The summed E-state index contributed by atoms with van der Waals surface area (Å²) in [5.74, 6) is 0.0514. The van der Waals surface area contributed by atoms with Crippen molar-refractivity contribution in [2.24, 2.45) is 0 Å². The molecule has 2 N–H and O–H groups in total. The van der Waals surface area contributed by atoms with Crippen molar-refractivity contribution in [1.29, 1.82) is 0 Å². The quantitative estimate of drug-likeness (QED) is 0.849. The summed E-state index contributed by atoms with van der Waals surface area (Å²) in [4.78, 5) is 11.2. The Hall–Kier alpha value is -1.51. The Morgan fingerprint density at radius 2 is 1.65 bits per heavy atom. The van der Waals surface area contributed by atoms with E-state index in [2.05, 4.69) is 19.9 Å². The highest BCUT2D eigenvalue weighted by Gasteiger charge is 2.49. The second-order valence-corrected chi connectivity index (χ2v) is 6.63. The van der Waals surface area contributed by atoms with Gasteiger partial charge in [0.1, 0.15) is 5.75 Å². The highest BCUT2D eigenvalue weighted by Crippen LogP contribution is 2.56. The summed E-state index contributed by atoms with van der Waals surface area (Å²) in [6.45, 7) is 8.27. The topological polar surface area (TPSA) is 57.5 Å². The van der Waals surface area contributed by atoms with Gasteiger partial charge in [-0.05, 0) is 35.8 Å². The molecule has 0 radical (unpaired) electrons. The summed E-state index contributed by atoms with van der Waals surface area (Å²) < 4.78 is 0. The fourth-order valence-electron chi connectivity index (χ4n) is 3.08. The molecular weight excluding hydrogens is 252 g/mol. The number of phenolic OH excluding ortho intramolecular Hbond substituents is 1. The largest absolute Gasteiger partial charge is 0.507 e. The summed E-state index contributed by atoms with van der Waals surface area (Å²) in [6.07, 6.45) is 1.82. The summed E-state index contributed by atoms with van der Waals surface area (Å²) in [7, 11) is 0. The lowest BCUT2D eigenvalue weighted by molar-refractivity contribution is -0.137. The molecule has 0 amide bonds. The summed E-state index contributed by atoms with van der Waals surface area (Å²) in [6, 6.07) is 4.05. The van der Waals surface area contributed by atoms with Crippen molar-refractivity contribution in [2.45, 2.75) is 64.2 Å². The van der Waals surface area contributed by atoms with Crippen molar-refractivity contribution in [2.75, 3.05) is 0 Å². The van der Waals surface area contributed by atoms with Crippen LogP contribution in [-0.4, -0.2) is 16.2 Å². The van der Waals surface area contributed by atoms with Crippen molar-refractivity contribution < 1.29 is 15.0 Å². The average molecular weight is 276 g/mol. The second-order valence-electron chi connectivity index (χ2n) is 6.63. The number of carboxylic acids is 1. The monoisotopic (exact) mass is 276 g/mol. The molecule has 0 saturated heterocycles. The first kappa shape index (κ1) is 14.9. The van der Waals surface area contributed by atoms with Crippen LogP contribution >= 0.6 is 0 Å². The number of rotatable bonds is 5. The fourth-order valence-corrected chi connectivity index (χ4v) is 3.08. The van der Waals surface area contributed by atoms with E-state index in [0.717, 1.165) is 29.5 Å². The molecule has 0 heterocycles. The Labute approximate surface area is 120 Å². The third-order valence-corrected chi connectivity index (χ3v) is 4.36. The zero-order chi connectivity index (χ0) is 15.1. The predicted molar refractivity (Wildman–Crippen MR) is 79.4 cm³/mol. The van der Waals surface area contributed by atoms with Gasteiger partial charge in [-0.1, -0.05) is 39.8 Å². The highest BCUT2D eigenvalue weighted by molar-refractivity contribution is 5.71. The van der Waals surface area contributed by atoms with E-state index in [4.69, 9.17) is 5.11 Å². The van der Waals surface area contributed by atoms with E-state index >= 15 is 0 Å². The van der Waals surface area contributed by atoms with Crippen LogP contribution in [0.1, 0.15) is 75.5 Å². The minimum atomic E-state index is -0.786. The molecule has 1 aliphatic rings. The van der Waals surface area contributed by atoms with Crippen molar-refractivity contribution in [3.63, 3.8) is 0 Å². The number of aliphatic carboxylic acids is 1. The van der Waals surface area contributed by atoms with Crippen LogP contribution < -0.4 is 0 Å². The van der Waals surface area contributed by atoms with E-state index in [-0.39, 0.29) is 23.7 Å². The third-order valence-electron chi connectivity index (χ3n) is 4.36. The lowest BCUT2D eigenvalue weighted by atomic mass is 9.81. The van der Waals surface area contributed by atoms with Gasteiger partial charge in [-0.2, -0.15) is 0 Å². The van der Waals surface area contributed by atoms with Gasteiger partial charge in [-0.15, -0.1) is 0 Å². The molecule has 20 heavy (non-hydrogen) atoms. The van der Waals surface area contributed by atoms with Gasteiger partial charge in [-0.25, -0.2) is 0 Å². The van der Waals surface area contributed by atoms with E-state index in [0.29, 0.717) is 5.75 Å². The van der Waals surface area contributed by atoms with E-state index in [1.165, 1.54) is 0 Å². The van der Waals surface area contributed by atoms with Crippen LogP contribution in [-0.2, 0) is 10.2 Å². The zero-order valence-corrected chi connectivity index (χ0v) is 12.7. The Bertz CT molecular complexity index is 525. The first-order valence-electron chi connectivity index (χ1n) is 7.36. The van der Waals surface area contributed by atoms with Crippen LogP contribution in [0.15, 0.2) is 12.1 Å². The highest BCUT2D eigenvalue weighted by atomic mass is 16.4. The molecule has 1 fully saturated rings. The normalized spacial score (nSPS) is 16.7. The van der Waals surface area contributed by atoms with E-state index in [1.54, 1.807) is 0 Å². The van der Waals surface area contributed by atoms with Crippen molar-refractivity contribution in [1.82, 2.24) is 0 Å². The van der Waals surface area contributed by atoms with Gasteiger partial charge >= 0.3 is 5.97 Å². The lowest BCUT2D eigenvalue weighted by Crippen LogP contribution is -2.17. The van der Waals surface area contributed by atoms with Gasteiger partial charge in [-0.3, -0.25) is 4.79 Å². The Kier molecular flexibility index (Phi) is 3.81. The summed E-state index contributed by atoms with van der Waals surface area (Å²) in [5.41, 5.74) is 2.55. The SMILES string of the molecule is CC(C)c1ccc(C(C)C)c(C2(CC(=O)O)CC2)c1O. The van der Waals surface area contributed by atoms with Crippen LogP contribution in [0.5, 0.6) is 5.75 Å². The average Bonchev–Trinajstić information content (AvgIpc) is 3.07. The first-order chi connectivity index (χ1) is 9.28. The molecule has 2 rings (SSSR count). The minimum Gasteiger partial charge on any atom is -0.507 e. The molecule has 1 aromatic rings. The maximum absolute atomic E-state index is 11.2. The van der Waals surface area contributed by atoms with Gasteiger partial charge in [0.15, 0.2) is 0 Å². The molecule has 3 nitrogen and oxygen atoms in total. The van der Waals surface area contributed by atoms with E-state index in [1.807, 2.05) is 19.9 Å². The summed E-state index contributed by atoms with van der Waals surface area (Å²) >= 11 is 0. The standard InChI is InChI=1S/C17H24O3/c1-10(2)12-5-6-13(11(3)4)16(20)15(12)17(7-8-17)9-14(18)19/h5-6,10-11,20H,7-9H2,1-4H3,(H,18,19). The molecule has 0 unspecified atom stereocenters.